The highest BCUT2D eigenvalue weighted by molar-refractivity contribution is 6.31. The fourth-order valence-corrected chi connectivity index (χ4v) is 2.42. The van der Waals surface area contributed by atoms with Gasteiger partial charge < -0.3 is 4.74 Å². The first kappa shape index (κ1) is 15.9. The molecule has 1 aromatic carbocycles. The number of rotatable bonds is 0. The molecule has 1 aromatic heterocycles. The van der Waals surface area contributed by atoms with Crippen molar-refractivity contribution < 1.29 is 9.53 Å². The van der Waals surface area contributed by atoms with E-state index in [0.717, 1.165) is 16.6 Å². The fraction of sp³-hybridized carbons (Fsp3) is 0.471. The molecule has 0 unspecified atom stereocenters. The van der Waals surface area contributed by atoms with Crippen LogP contribution in [0, 0.1) is 0 Å². The van der Waals surface area contributed by atoms with Crippen molar-refractivity contribution in [1.29, 1.82) is 0 Å². The SMILES string of the molecule is CC(C)(C)OC(=O)n1c(C(C)(C)C)cc2cc(Cl)ccc21. The maximum absolute atomic E-state index is 12.6. The lowest BCUT2D eigenvalue weighted by atomic mass is 9.92. The molecule has 0 fully saturated rings. The van der Waals surface area contributed by atoms with Crippen LogP contribution in [0.2, 0.25) is 5.02 Å². The minimum atomic E-state index is -0.532. The predicted octanol–water partition coefficient (Wildman–Crippen LogP) is 5.38. The molecule has 0 atom stereocenters. The molecule has 1 heterocycles. The maximum atomic E-state index is 12.6. The number of carbonyl (C=O) groups is 1. The van der Waals surface area contributed by atoms with E-state index >= 15 is 0 Å². The van der Waals surface area contributed by atoms with E-state index in [1.54, 1.807) is 10.6 Å². The summed E-state index contributed by atoms with van der Waals surface area (Å²) >= 11 is 6.06. The van der Waals surface area contributed by atoms with E-state index < -0.39 is 5.60 Å². The van der Waals surface area contributed by atoms with E-state index in [9.17, 15) is 4.79 Å². The highest BCUT2D eigenvalue weighted by Gasteiger charge is 2.27. The molecule has 0 aliphatic rings. The normalized spacial score (nSPS) is 12.7. The van der Waals surface area contributed by atoms with Gasteiger partial charge in [0.05, 0.1) is 5.52 Å². The topological polar surface area (TPSA) is 31.2 Å². The van der Waals surface area contributed by atoms with E-state index in [1.165, 1.54) is 0 Å². The highest BCUT2D eigenvalue weighted by atomic mass is 35.5. The molecule has 0 N–H and O–H groups in total. The van der Waals surface area contributed by atoms with Gasteiger partial charge in [0.15, 0.2) is 0 Å². The third-order valence-corrected chi connectivity index (χ3v) is 3.34. The summed E-state index contributed by atoms with van der Waals surface area (Å²) in [7, 11) is 0. The van der Waals surface area contributed by atoms with Crippen molar-refractivity contribution in [2.45, 2.75) is 52.6 Å². The molecule has 0 radical (unpaired) electrons. The molecule has 0 saturated heterocycles. The number of hydrogen-bond donors (Lipinski definition) is 0. The molecular weight excluding hydrogens is 286 g/mol. The Morgan fingerprint density at radius 2 is 1.71 bits per heavy atom. The van der Waals surface area contributed by atoms with E-state index in [0.29, 0.717) is 5.02 Å². The van der Waals surface area contributed by atoms with Crippen LogP contribution in [0.4, 0.5) is 4.79 Å². The predicted molar refractivity (Wildman–Crippen MR) is 87.3 cm³/mol. The van der Waals surface area contributed by atoms with Gasteiger partial charge in [-0.3, -0.25) is 0 Å². The van der Waals surface area contributed by atoms with E-state index in [1.807, 2.05) is 39.0 Å². The van der Waals surface area contributed by atoms with Crippen LogP contribution >= 0.6 is 11.6 Å². The van der Waals surface area contributed by atoms with Crippen LogP contribution in [0.15, 0.2) is 24.3 Å². The number of halogens is 1. The van der Waals surface area contributed by atoms with Crippen molar-refractivity contribution in [1.82, 2.24) is 4.57 Å². The average Bonchev–Trinajstić information content (AvgIpc) is 2.64. The summed E-state index contributed by atoms with van der Waals surface area (Å²) < 4.78 is 7.20. The van der Waals surface area contributed by atoms with Gasteiger partial charge in [-0.25, -0.2) is 9.36 Å². The Hall–Kier alpha value is -1.48. The van der Waals surface area contributed by atoms with Gasteiger partial charge >= 0.3 is 6.09 Å². The Morgan fingerprint density at radius 3 is 2.24 bits per heavy atom. The molecule has 114 valence electrons. The average molecular weight is 308 g/mol. The smallest absolute Gasteiger partial charge is 0.419 e. The molecule has 21 heavy (non-hydrogen) atoms. The zero-order valence-corrected chi connectivity index (χ0v) is 14.2. The van der Waals surface area contributed by atoms with Crippen LogP contribution in [0.25, 0.3) is 10.9 Å². The van der Waals surface area contributed by atoms with Gasteiger partial charge in [0.1, 0.15) is 5.60 Å². The van der Waals surface area contributed by atoms with Gasteiger partial charge in [0, 0.05) is 21.5 Å². The summed E-state index contributed by atoms with van der Waals surface area (Å²) in [6, 6.07) is 7.52. The molecule has 0 saturated carbocycles. The van der Waals surface area contributed by atoms with Gasteiger partial charge in [-0.1, -0.05) is 32.4 Å². The number of hydrogen-bond acceptors (Lipinski definition) is 2. The van der Waals surface area contributed by atoms with Gasteiger partial charge in [-0.05, 0) is 45.0 Å². The van der Waals surface area contributed by atoms with Crippen molar-refractivity contribution in [3.63, 3.8) is 0 Å². The zero-order valence-electron chi connectivity index (χ0n) is 13.5. The largest absolute Gasteiger partial charge is 0.443 e. The maximum Gasteiger partial charge on any atom is 0.419 e. The van der Waals surface area contributed by atoms with Crippen LogP contribution in [0.3, 0.4) is 0 Å². The minimum Gasteiger partial charge on any atom is -0.443 e. The number of aromatic nitrogens is 1. The van der Waals surface area contributed by atoms with Gasteiger partial charge in [0.25, 0.3) is 0 Å². The second-order valence-electron chi connectivity index (χ2n) is 7.30. The fourth-order valence-electron chi connectivity index (χ4n) is 2.24. The molecule has 2 aromatic rings. The van der Waals surface area contributed by atoms with Crippen molar-refractivity contribution in [3.05, 3.63) is 35.0 Å². The summed E-state index contributed by atoms with van der Waals surface area (Å²) in [5.41, 5.74) is 1.02. The molecule has 0 bridgehead atoms. The Kier molecular flexibility index (Phi) is 3.83. The van der Waals surface area contributed by atoms with Crippen LogP contribution in [-0.2, 0) is 10.2 Å². The van der Waals surface area contributed by atoms with Gasteiger partial charge in [-0.15, -0.1) is 0 Å². The second kappa shape index (κ2) is 5.06. The Labute approximate surface area is 130 Å². The lowest BCUT2D eigenvalue weighted by Crippen LogP contribution is -2.30. The summed E-state index contributed by atoms with van der Waals surface area (Å²) in [5, 5.41) is 1.60. The second-order valence-corrected chi connectivity index (χ2v) is 7.73. The van der Waals surface area contributed by atoms with Crippen LogP contribution in [0.1, 0.15) is 47.2 Å². The summed E-state index contributed by atoms with van der Waals surface area (Å²) in [5.74, 6) is 0. The first-order valence-corrected chi connectivity index (χ1v) is 7.42. The standard InChI is InChI=1S/C17H22ClNO2/c1-16(2,3)14-10-11-9-12(18)7-8-13(11)19(14)15(20)21-17(4,5)6/h7-10H,1-6H3. The van der Waals surface area contributed by atoms with Gasteiger partial charge in [0.2, 0.25) is 0 Å². The quantitative estimate of drug-likeness (QED) is 0.654. The first-order chi connectivity index (χ1) is 9.49. The van der Waals surface area contributed by atoms with Crippen LogP contribution in [0.5, 0.6) is 0 Å². The van der Waals surface area contributed by atoms with Crippen LogP contribution < -0.4 is 0 Å². The van der Waals surface area contributed by atoms with Crippen molar-refractivity contribution in [3.8, 4) is 0 Å². The van der Waals surface area contributed by atoms with Crippen molar-refractivity contribution in [2.75, 3.05) is 0 Å². The summed E-state index contributed by atoms with van der Waals surface area (Å²) in [4.78, 5) is 12.6. The first-order valence-electron chi connectivity index (χ1n) is 7.04. The van der Waals surface area contributed by atoms with Crippen molar-refractivity contribution >= 4 is 28.6 Å². The number of benzene rings is 1. The Balaban J connectivity index is 2.66. The molecule has 0 aliphatic carbocycles. The number of ether oxygens (including phenoxy) is 1. The number of fused-ring (bicyclic) bond motifs is 1. The van der Waals surface area contributed by atoms with Gasteiger partial charge in [-0.2, -0.15) is 0 Å². The van der Waals surface area contributed by atoms with E-state index in [2.05, 4.69) is 20.8 Å². The molecule has 0 amide bonds. The molecule has 0 spiro atoms. The highest BCUT2D eigenvalue weighted by Crippen LogP contribution is 2.31. The Morgan fingerprint density at radius 1 is 1.10 bits per heavy atom. The summed E-state index contributed by atoms with van der Waals surface area (Å²) in [6.07, 6.45) is -0.357. The number of nitrogens with zero attached hydrogens (tertiary/aromatic N) is 1. The molecule has 4 heteroatoms. The third kappa shape index (κ3) is 3.41. The lowest BCUT2D eigenvalue weighted by molar-refractivity contribution is 0.0535. The summed E-state index contributed by atoms with van der Waals surface area (Å²) in [6.45, 7) is 11.8. The van der Waals surface area contributed by atoms with E-state index in [-0.39, 0.29) is 11.5 Å². The number of carbonyl (C=O) groups excluding carboxylic acids is 1. The van der Waals surface area contributed by atoms with Crippen molar-refractivity contribution in [2.24, 2.45) is 0 Å². The van der Waals surface area contributed by atoms with E-state index in [4.69, 9.17) is 16.3 Å². The monoisotopic (exact) mass is 307 g/mol. The molecule has 0 aliphatic heterocycles. The zero-order chi connectivity index (χ0) is 16.0. The third-order valence-electron chi connectivity index (χ3n) is 3.11. The lowest BCUT2D eigenvalue weighted by Gasteiger charge is -2.24. The Bertz CT molecular complexity index is 687. The molecule has 3 nitrogen and oxygen atoms in total. The molecular formula is C17H22ClNO2. The molecule has 2 rings (SSSR count). The van der Waals surface area contributed by atoms with Crippen LogP contribution in [-0.4, -0.2) is 16.3 Å². The minimum absolute atomic E-state index is 0.178.